The summed E-state index contributed by atoms with van der Waals surface area (Å²) >= 11 is 0. The van der Waals surface area contributed by atoms with Crippen LogP contribution in [0.15, 0.2) is 0 Å². The second-order valence-corrected chi connectivity index (χ2v) is 5.07. The van der Waals surface area contributed by atoms with E-state index in [-0.39, 0.29) is 0 Å². The smallest absolute Gasteiger partial charge is 0.324 e. The lowest BCUT2D eigenvalue weighted by molar-refractivity contribution is -0.151. The van der Waals surface area contributed by atoms with Gasteiger partial charge in [-0.25, -0.2) is 0 Å². The average Bonchev–Trinajstić information content (AvgIpc) is 2.88. The number of carboxylic acids is 1. The second-order valence-electron chi connectivity index (χ2n) is 5.07. The van der Waals surface area contributed by atoms with Gasteiger partial charge in [-0.15, -0.1) is 0 Å². The molecule has 1 N–H and O–H groups in total. The molecule has 0 amide bonds. The molecule has 0 aromatic heterocycles. The van der Waals surface area contributed by atoms with Crippen LogP contribution in [-0.2, 0) is 4.79 Å². The minimum Gasteiger partial charge on any atom is -0.480 e. The Kier molecular flexibility index (Phi) is 2.30. The quantitative estimate of drug-likeness (QED) is 0.746. The zero-order valence-corrected chi connectivity index (χ0v) is 8.99. The fourth-order valence-electron chi connectivity index (χ4n) is 2.57. The molecule has 0 spiro atoms. The summed E-state index contributed by atoms with van der Waals surface area (Å²) in [5.41, 5.74) is -0.579. The van der Waals surface area contributed by atoms with E-state index in [0.29, 0.717) is 11.8 Å². The van der Waals surface area contributed by atoms with Crippen LogP contribution in [0.4, 0.5) is 0 Å². The van der Waals surface area contributed by atoms with Gasteiger partial charge in [0.1, 0.15) is 5.54 Å². The molecule has 1 aliphatic heterocycles. The molecule has 0 radical (unpaired) electrons. The molecule has 1 aliphatic carbocycles. The van der Waals surface area contributed by atoms with Gasteiger partial charge in [-0.1, -0.05) is 6.92 Å². The molecule has 0 bridgehead atoms. The fourth-order valence-corrected chi connectivity index (χ4v) is 2.57. The molecule has 14 heavy (non-hydrogen) atoms. The first-order chi connectivity index (χ1) is 6.55. The third-order valence-electron chi connectivity index (χ3n) is 3.89. The number of hydrogen-bond acceptors (Lipinski definition) is 2. The van der Waals surface area contributed by atoms with E-state index in [4.69, 9.17) is 0 Å². The number of carboxylic acid groups (broad SMARTS) is 1. The van der Waals surface area contributed by atoms with E-state index in [1.165, 1.54) is 0 Å². The average molecular weight is 197 g/mol. The van der Waals surface area contributed by atoms with E-state index in [1.54, 1.807) is 0 Å². The molecule has 2 rings (SSSR count). The number of carbonyl (C=O) groups is 1. The molecule has 80 valence electrons. The Morgan fingerprint density at radius 1 is 1.43 bits per heavy atom. The van der Waals surface area contributed by atoms with Gasteiger partial charge in [0.25, 0.3) is 0 Å². The predicted molar refractivity (Wildman–Crippen MR) is 54.1 cm³/mol. The normalized spacial score (nSPS) is 32.9. The van der Waals surface area contributed by atoms with Crippen molar-refractivity contribution in [3.05, 3.63) is 0 Å². The number of rotatable bonds is 3. The second kappa shape index (κ2) is 3.23. The maximum Gasteiger partial charge on any atom is 0.324 e. The van der Waals surface area contributed by atoms with Crippen molar-refractivity contribution in [1.82, 2.24) is 4.90 Å². The first-order valence-electron chi connectivity index (χ1n) is 5.53. The van der Waals surface area contributed by atoms with Crippen LogP contribution < -0.4 is 0 Å². The minimum atomic E-state index is -0.630. The molecule has 1 saturated carbocycles. The Bertz CT molecular complexity index is 250. The topological polar surface area (TPSA) is 40.5 Å². The summed E-state index contributed by atoms with van der Waals surface area (Å²) in [6.45, 7) is 6.03. The number of aliphatic carboxylic acids is 1. The van der Waals surface area contributed by atoms with Gasteiger partial charge in [-0.2, -0.15) is 0 Å². The summed E-state index contributed by atoms with van der Waals surface area (Å²) in [5.74, 6) is 0.423. The van der Waals surface area contributed by atoms with Crippen LogP contribution in [0, 0.1) is 11.8 Å². The van der Waals surface area contributed by atoms with Gasteiger partial charge < -0.3 is 5.11 Å². The highest BCUT2D eigenvalue weighted by atomic mass is 16.4. The van der Waals surface area contributed by atoms with E-state index in [2.05, 4.69) is 11.8 Å². The minimum absolute atomic E-state index is 0.394. The van der Waals surface area contributed by atoms with Crippen molar-refractivity contribution >= 4 is 5.97 Å². The van der Waals surface area contributed by atoms with Crippen LogP contribution >= 0.6 is 0 Å². The summed E-state index contributed by atoms with van der Waals surface area (Å²) in [7, 11) is 0. The fraction of sp³-hybridized carbons (Fsp3) is 0.909. The van der Waals surface area contributed by atoms with Crippen LogP contribution in [0.3, 0.4) is 0 Å². The van der Waals surface area contributed by atoms with Crippen molar-refractivity contribution in [1.29, 1.82) is 0 Å². The molecule has 3 heteroatoms. The van der Waals surface area contributed by atoms with Crippen LogP contribution in [-0.4, -0.2) is 34.6 Å². The van der Waals surface area contributed by atoms with Crippen molar-refractivity contribution in [2.24, 2.45) is 11.8 Å². The van der Waals surface area contributed by atoms with Crippen molar-refractivity contribution in [2.75, 3.05) is 13.1 Å². The maximum absolute atomic E-state index is 11.4. The Balaban J connectivity index is 2.14. The Morgan fingerprint density at radius 2 is 2.07 bits per heavy atom. The third kappa shape index (κ3) is 1.44. The first kappa shape index (κ1) is 9.97. The molecule has 2 atom stereocenters. The summed E-state index contributed by atoms with van der Waals surface area (Å²) in [5, 5.41) is 9.35. The van der Waals surface area contributed by atoms with Crippen molar-refractivity contribution in [3.8, 4) is 0 Å². The van der Waals surface area contributed by atoms with Gasteiger partial charge in [0.15, 0.2) is 0 Å². The van der Waals surface area contributed by atoms with E-state index in [0.717, 1.165) is 32.4 Å². The largest absolute Gasteiger partial charge is 0.480 e. The highest BCUT2D eigenvalue weighted by Crippen LogP contribution is 2.44. The Morgan fingerprint density at radius 3 is 2.43 bits per heavy atom. The molecule has 2 aliphatic rings. The van der Waals surface area contributed by atoms with Gasteiger partial charge >= 0.3 is 5.97 Å². The molecule has 3 nitrogen and oxygen atoms in total. The van der Waals surface area contributed by atoms with Crippen molar-refractivity contribution < 1.29 is 9.90 Å². The zero-order valence-electron chi connectivity index (χ0n) is 8.99. The Labute approximate surface area is 85.1 Å². The van der Waals surface area contributed by atoms with Crippen LogP contribution in [0.5, 0.6) is 0 Å². The molecule has 1 heterocycles. The van der Waals surface area contributed by atoms with Gasteiger partial charge in [-0.3, -0.25) is 9.69 Å². The monoisotopic (exact) mass is 197 g/mol. The third-order valence-corrected chi connectivity index (χ3v) is 3.89. The van der Waals surface area contributed by atoms with Crippen LogP contribution in [0.1, 0.15) is 33.1 Å². The maximum atomic E-state index is 11.4. The lowest BCUT2D eigenvalue weighted by Crippen LogP contribution is -2.53. The van der Waals surface area contributed by atoms with Crippen molar-refractivity contribution in [2.45, 2.75) is 38.6 Å². The summed E-state index contributed by atoms with van der Waals surface area (Å²) < 4.78 is 0. The van der Waals surface area contributed by atoms with Crippen molar-refractivity contribution in [3.63, 3.8) is 0 Å². The highest BCUT2D eigenvalue weighted by molar-refractivity contribution is 5.79. The lowest BCUT2D eigenvalue weighted by Gasteiger charge is -2.35. The standard InChI is InChI=1S/C11H19NO2/c1-8-5-6-12(7-8)11(2,10(13)14)9-3-4-9/h8-9H,3-7H2,1-2H3,(H,13,14). The molecule has 0 aromatic rings. The van der Waals surface area contributed by atoms with Crippen LogP contribution in [0.25, 0.3) is 0 Å². The lowest BCUT2D eigenvalue weighted by atomic mass is 9.94. The van der Waals surface area contributed by atoms with Gasteiger partial charge in [0.05, 0.1) is 0 Å². The summed E-state index contributed by atoms with van der Waals surface area (Å²) in [4.78, 5) is 13.5. The molecular formula is C11H19NO2. The summed E-state index contributed by atoms with van der Waals surface area (Å²) in [6.07, 6.45) is 3.33. The van der Waals surface area contributed by atoms with E-state index in [9.17, 15) is 9.90 Å². The van der Waals surface area contributed by atoms with Gasteiger partial charge in [-0.05, 0) is 44.6 Å². The van der Waals surface area contributed by atoms with E-state index >= 15 is 0 Å². The van der Waals surface area contributed by atoms with E-state index < -0.39 is 11.5 Å². The highest BCUT2D eigenvalue weighted by Gasteiger charge is 2.52. The Hall–Kier alpha value is -0.570. The number of likely N-dealkylation sites (tertiary alicyclic amines) is 1. The number of hydrogen-bond donors (Lipinski definition) is 1. The van der Waals surface area contributed by atoms with Gasteiger partial charge in [0, 0.05) is 6.54 Å². The molecule has 0 aromatic carbocycles. The van der Waals surface area contributed by atoms with Crippen LogP contribution in [0.2, 0.25) is 0 Å². The number of nitrogens with zero attached hydrogens (tertiary/aromatic N) is 1. The van der Waals surface area contributed by atoms with E-state index in [1.807, 2.05) is 6.92 Å². The zero-order chi connectivity index (χ0) is 10.3. The molecule has 1 saturated heterocycles. The molecular weight excluding hydrogens is 178 g/mol. The first-order valence-corrected chi connectivity index (χ1v) is 5.53. The molecule has 2 unspecified atom stereocenters. The summed E-state index contributed by atoms with van der Waals surface area (Å²) in [6, 6.07) is 0. The molecule has 2 fully saturated rings. The predicted octanol–water partition coefficient (Wildman–Crippen LogP) is 1.58. The SMILES string of the molecule is CC1CCN(C(C)(C(=O)O)C2CC2)C1. The van der Waals surface area contributed by atoms with Gasteiger partial charge in [0.2, 0.25) is 0 Å².